The Morgan fingerprint density at radius 2 is 2.00 bits per heavy atom. The van der Waals surface area contributed by atoms with Crippen LogP contribution in [-0.2, 0) is 0 Å². The number of rotatable bonds is 5. The Labute approximate surface area is 148 Å². The van der Waals surface area contributed by atoms with E-state index in [1.165, 1.54) is 17.0 Å². The number of halogens is 2. The molecule has 1 unspecified atom stereocenters. The number of nitriles is 1. The Hall–Kier alpha value is -2.39. The summed E-state index contributed by atoms with van der Waals surface area (Å²) in [7, 11) is 1.59. The van der Waals surface area contributed by atoms with Crippen LogP contribution in [0.25, 0.3) is 0 Å². The fraction of sp³-hybridized carbons (Fsp3) is 0.222. The summed E-state index contributed by atoms with van der Waals surface area (Å²) in [5, 5.41) is 8.71. The van der Waals surface area contributed by atoms with Gasteiger partial charge in [-0.25, -0.2) is 4.39 Å². The first-order valence-electron chi connectivity index (χ1n) is 7.29. The monoisotopic (exact) mass is 390 g/mol. The average Bonchev–Trinajstić information content (AvgIpc) is 2.57. The number of amides is 1. The van der Waals surface area contributed by atoms with Gasteiger partial charge in [0.05, 0.1) is 12.5 Å². The first kappa shape index (κ1) is 18.0. The second kappa shape index (κ2) is 7.93. The molecule has 2 aromatic rings. The van der Waals surface area contributed by atoms with Crippen LogP contribution in [0.3, 0.4) is 0 Å². The number of hydrogen-bond donors (Lipinski definition) is 0. The van der Waals surface area contributed by atoms with Gasteiger partial charge in [0.15, 0.2) is 11.6 Å². The van der Waals surface area contributed by atoms with Crippen LogP contribution in [0.15, 0.2) is 46.9 Å². The second-order valence-corrected chi connectivity index (χ2v) is 6.24. The fourth-order valence-corrected chi connectivity index (χ4v) is 2.28. The maximum Gasteiger partial charge on any atom is 0.253 e. The second-order valence-electron chi connectivity index (χ2n) is 5.33. The van der Waals surface area contributed by atoms with Crippen LogP contribution in [-0.4, -0.2) is 23.9 Å². The van der Waals surface area contributed by atoms with E-state index in [-0.39, 0.29) is 29.7 Å². The van der Waals surface area contributed by atoms with Gasteiger partial charge >= 0.3 is 0 Å². The largest absolute Gasteiger partial charge is 0.454 e. The summed E-state index contributed by atoms with van der Waals surface area (Å²) in [6.07, 6.45) is 0.218. The Morgan fingerprint density at radius 1 is 1.33 bits per heavy atom. The normalized spacial score (nSPS) is 11.5. The lowest BCUT2D eigenvalue weighted by atomic mass is 10.1. The minimum atomic E-state index is -0.620. The van der Waals surface area contributed by atoms with E-state index in [2.05, 4.69) is 15.9 Å². The summed E-state index contributed by atoms with van der Waals surface area (Å²) in [6, 6.07) is 12.8. The lowest BCUT2D eigenvalue weighted by molar-refractivity contribution is 0.0745. The van der Waals surface area contributed by atoms with Gasteiger partial charge in [-0.1, -0.05) is 15.9 Å². The van der Waals surface area contributed by atoms with E-state index < -0.39 is 5.82 Å². The highest BCUT2D eigenvalue weighted by atomic mass is 79.9. The zero-order chi connectivity index (χ0) is 17.7. The van der Waals surface area contributed by atoms with E-state index in [9.17, 15) is 9.18 Å². The van der Waals surface area contributed by atoms with Gasteiger partial charge in [0.2, 0.25) is 0 Å². The Kier molecular flexibility index (Phi) is 5.93. The third-order valence-corrected chi connectivity index (χ3v) is 4.12. The van der Waals surface area contributed by atoms with Crippen molar-refractivity contribution in [3.05, 3.63) is 58.3 Å². The summed E-state index contributed by atoms with van der Waals surface area (Å²) in [5.41, 5.74) is 0.211. The van der Waals surface area contributed by atoms with Crippen molar-refractivity contribution in [3.8, 4) is 17.6 Å². The first-order valence-corrected chi connectivity index (χ1v) is 8.08. The quantitative estimate of drug-likeness (QED) is 0.739. The van der Waals surface area contributed by atoms with Gasteiger partial charge in [-0.15, -0.1) is 0 Å². The van der Waals surface area contributed by atoms with Crippen molar-refractivity contribution in [1.82, 2.24) is 4.90 Å². The predicted molar refractivity (Wildman–Crippen MR) is 92.4 cm³/mol. The van der Waals surface area contributed by atoms with Crippen LogP contribution in [0.1, 0.15) is 23.7 Å². The molecule has 4 nitrogen and oxygen atoms in total. The first-order chi connectivity index (χ1) is 11.4. The van der Waals surface area contributed by atoms with Crippen molar-refractivity contribution in [1.29, 1.82) is 5.26 Å². The lowest BCUT2D eigenvalue weighted by Crippen LogP contribution is -2.34. The molecule has 2 rings (SSSR count). The molecule has 1 atom stereocenters. The molecule has 2 aromatic carbocycles. The molecular formula is C18H16BrFN2O2. The van der Waals surface area contributed by atoms with Crippen LogP contribution in [0.2, 0.25) is 0 Å². The van der Waals surface area contributed by atoms with E-state index >= 15 is 0 Å². The summed E-state index contributed by atoms with van der Waals surface area (Å²) in [4.78, 5) is 13.7. The maximum atomic E-state index is 14.2. The summed E-state index contributed by atoms with van der Waals surface area (Å²) in [6.45, 7) is 1.77. The van der Waals surface area contributed by atoms with Gasteiger partial charge in [-0.2, -0.15) is 5.26 Å². The molecular weight excluding hydrogens is 375 g/mol. The molecule has 0 fully saturated rings. The highest BCUT2D eigenvalue weighted by Gasteiger charge is 2.19. The van der Waals surface area contributed by atoms with Crippen LogP contribution in [0.5, 0.6) is 11.5 Å². The molecule has 0 saturated carbocycles. The molecule has 24 heavy (non-hydrogen) atoms. The molecule has 0 aliphatic carbocycles. The smallest absolute Gasteiger partial charge is 0.253 e. The molecule has 0 bridgehead atoms. The number of nitrogens with zero attached hydrogens (tertiary/aromatic N) is 2. The minimum absolute atomic E-state index is 0.0431. The highest BCUT2D eigenvalue weighted by molar-refractivity contribution is 9.10. The molecule has 6 heteroatoms. The Morgan fingerprint density at radius 3 is 2.58 bits per heavy atom. The molecule has 0 saturated heterocycles. The van der Waals surface area contributed by atoms with E-state index in [0.717, 1.165) is 10.5 Å². The third kappa shape index (κ3) is 4.33. The molecule has 1 amide bonds. The van der Waals surface area contributed by atoms with Gasteiger partial charge in [0, 0.05) is 23.1 Å². The number of carbonyl (C=O) groups is 1. The number of ether oxygens (including phenoxy) is 1. The van der Waals surface area contributed by atoms with Crippen molar-refractivity contribution in [2.45, 2.75) is 19.4 Å². The molecule has 124 valence electrons. The topological polar surface area (TPSA) is 53.3 Å². The highest BCUT2D eigenvalue weighted by Crippen LogP contribution is 2.26. The van der Waals surface area contributed by atoms with E-state index in [0.29, 0.717) is 5.75 Å². The van der Waals surface area contributed by atoms with Crippen molar-refractivity contribution in [2.75, 3.05) is 7.05 Å². The van der Waals surface area contributed by atoms with Gasteiger partial charge in [-0.05, 0) is 49.4 Å². The zero-order valence-corrected chi connectivity index (χ0v) is 14.9. The van der Waals surface area contributed by atoms with Crippen molar-refractivity contribution in [2.24, 2.45) is 0 Å². The summed E-state index contributed by atoms with van der Waals surface area (Å²) in [5.74, 6) is -0.422. The van der Waals surface area contributed by atoms with E-state index in [1.54, 1.807) is 38.2 Å². The molecule has 0 radical (unpaired) electrons. The van der Waals surface area contributed by atoms with Crippen molar-refractivity contribution < 1.29 is 13.9 Å². The van der Waals surface area contributed by atoms with Gasteiger partial charge in [-0.3, -0.25) is 4.79 Å². The average molecular weight is 391 g/mol. The van der Waals surface area contributed by atoms with E-state index in [4.69, 9.17) is 10.00 Å². The van der Waals surface area contributed by atoms with E-state index in [1.807, 2.05) is 6.07 Å². The Bertz CT molecular complexity index is 772. The zero-order valence-electron chi connectivity index (χ0n) is 13.3. The number of hydrogen-bond acceptors (Lipinski definition) is 3. The fourth-order valence-electron chi connectivity index (χ4n) is 2.02. The van der Waals surface area contributed by atoms with Crippen LogP contribution in [0, 0.1) is 17.1 Å². The maximum absolute atomic E-state index is 14.2. The molecule has 0 heterocycles. The van der Waals surface area contributed by atoms with Crippen molar-refractivity contribution in [3.63, 3.8) is 0 Å². The summed E-state index contributed by atoms with van der Waals surface area (Å²) >= 11 is 3.32. The number of carbonyl (C=O) groups excluding carboxylic acids is 1. The minimum Gasteiger partial charge on any atom is -0.454 e. The van der Waals surface area contributed by atoms with Gasteiger partial charge in [0.1, 0.15) is 5.75 Å². The van der Waals surface area contributed by atoms with Crippen LogP contribution >= 0.6 is 15.9 Å². The molecule has 0 aliphatic rings. The van der Waals surface area contributed by atoms with Crippen LogP contribution in [0.4, 0.5) is 4.39 Å². The molecule has 0 aliphatic heterocycles. The number of benzene rings is 2. The van der Waals surface area contributed by atoms with Gasteiger partial charge < -0.3 is 9.64 Å². The van der Waals surface area contributed by atoms with Crippen molar-refractivity contribution >= 4 is 21.8 Å². The summed E-state index contributed by atoms with van der Waals surface area (Å²) < 4.78 is 20.6. The molecule has 0 N–H and O–H groups in total. The molecule has 0 spiro atoms. The standard InChI is InChI=1S/C18H16BrFN2O2/c1-12(9-10-21)22(2)18(23)13-3-8-17(16(20)11-13)24-15-6-4-14(19)5-7-15/h3-8,11-12H,9H2,1-2H3. The third-order valence-electron chi connectivity index (χ3n) is 3.59. The SMILES string of the molecule is CC(CC#N)N(C)C(=O)c1ccc(Oc2ccc(Br)cc2)c(F)c1. The van der Waals surface area contributed by atoms with Crippen LogP contribution < -0.4 is 4.74 Å². The lowest BCUT2D eigenvalue weighted by Gasteiger charge is -2.23. The predicted octanol–water partition coefficient (Wildman–Crippen LogP) is 4.75. The molecule has 0 aromatic heterocycles. The Balaban J connectivity index is 2.15. The van der Waals surface area contributed by atoms with Gasteiger partial charge in [0.25, 0.3) is 5.91 Å².